The molecular formula is C24H26N2O3. The van der Waals surface area contributed by atoms with Gasteiger partial charge in [0, 0.05) is 11.8 Å². The highest BCUT2D eigenvalue weighted by Crippen LogP contribution is 2.22. The third-order valence-electron chi connectivity index (χ3n) is 4.88. The topological polar surface area (TPSA) is 68.3 Å². The molecule has 1 N–H and O–H groups in total. The van der Waals surface area contributed by atoms with Crippen LogP contribution in [0.25, 0.3) is 10.9 Å². The molecule has 0 aliphatic carbocycles. The zero-order chi connectivity index (χ0) is 21.0. The third-order valence-corrected chi connectivity index (χ3v) is 4.88. The minimum Gasteiger partial charge on any atom is -0.467 e. The Bertz CT molecular complexity index is 1020. The molecule has 0 aliphatic rings. The number of ether oxygens (including phenoxy) is 1. The van der Waals surface area contributed by atoms with Crippen LogP contribution in [0.15, 0.2) is 60.7 Å². The Hall–Kier alpha value is -3.21. The van der Waals surface area contributed by atoms with Crippen molar-refractivity contribution in [1.82, 2.24) is 10.3 Å². The first-order valence-electron chi connectivity index (χ1n) is 9.62. The summed E-state index contributed by atoms with van der Waals surface area (Å²) in [4.78, 5) is 29.4. The number of carbonyl (C=O) groups is 2. The summed E-state index contributed by atoms with van der Waals surface area (Å²) in [6.07, 6.45) is 0.344. The molecule has 1 atom stereocenters. The van der Waals surface area contributed by atoms with Gasteiger partial charge < -0.3 is 10.1 Å². The number of benzene rings is 2. The molecule has 29 heavy (non-hydrogen) atoms. The highest BCUT2D eigenvalue weighted by molar-refractivity contribution is 5.97. The van der Waals surface area contributed by atoms with Gasteiger partial charge in [0.2, 0.25) is 0 Å². The number of nitrogens with zero attached hydrogens (tertiary/aromatic N) is 1. The zero-order valence-corrected chi connectivity index (χ0v) is 17.2. The zero-order valence-electron chi connectivity index (χ0n) is 17.2. The first kappa shape index (κ1) is 20.5. The van der Waals surface area contributed by atoms with Gasteiger partial charge >= 0.3 is 5.97 Å². The van der Waals surface area contributed by atoms with Gasteiger partial charge in [0.1, 0.15) is 11.7 Å². The first-order chi connectivity index (χ1) is 13.8. The Morgan fingerprint density at radius 3 is 2.34 bits per heavy atom. The molecule has 0 saturated heterocycles. The van der Waals surface area contributed by atoms with Crippen LogP contribution in [-0.4, -0.2) is 30.0 Å². The minimum absolute atomic E-state index is 0.0518. The van der Waals surface area contributed by atoms with E-state index in [0.717, 1.165) is 16.5 Å². The third kappa shape index (κ3) is 4.99. The van der Waals surface area contributed by atoms with Crippen LogP contribution >= 0.6 is 0 Å². The quantitative estimate of drug-likeness (QED) is 0.668. The van der Waals surface area contributed by atoms with E-state index in [9.17, 15) is 9.59 Å². The molecule has 0 aliphatic heterocycles. The fourth-order valence-corrected chi connectivity index (χ4v) is 3.14. The minimum atomic E-state index is -0.791. The number of para-hydroxylation sites is 1. The molecule has 0 unspecified atom stereocenters. The van der Waals surface area contributed by atoms with E-state index in [1.165, 1.54) is 12.7 Å². The van der Waals surface area contributed by atoms with Crippen LogP contribution in [0.2, 0.25) is 0 Å². The summed E-state index contributed by atoms with van der Waals surface area (Å²) >= 11 is 0. The molecule has 5 nitrogen and oxygen atoms in total. The lowest BCUT2D eigenvalue weighted by Gasteiger charge is -2.20. The standard InChI is InChI=1S/C24H26N2O3/c1-24(2,3)18-12-9-16(10-13-18)15-21(23(28)29-4)26-22(27)20-14-11-17-7-5-6-8-19(17)25-20/h5-14,21H,15H2,1-4H3,(H,26,27)/t21-/m0/s1. The molecule has 5 heteroatoms. The van der Waals surface area contributed by atoms with Crippen LogP contribution in [0.1, 0.15) is 42.4 Å². The van der Waals surface area contributed by atoms with Crippen molar-refractivity contribution in [3.8, 4) is 0 Å². The maximum absolute atomic E-state index is 12.7. The molecule has 1 aromatic heterocycles. The van der Waals surface area contributed by atoms with Crippen molar-refractivity contribution in [2.45, 2.75) is 38.6 Å². The molecule has 0 radical (unpaired) electrons. The lowest BCUT2D eigenvalue weighted by Crippen LogP contribution is -2.43. The van der Waals surface area contributed by atoms with Crippen molar-refractivity contribution < 1.29 is 14.3 Å². The number of hydrogen-bond acceptors (Lipinski definition) is 4. The monoisotopic (exact) mass is 390 g/mol. The van der Waals surface area contributed by atoms with E-state index < -0.39 is 17.9 Å². The van der Waals surface area contributed by atoms with Crippen LogP contribution in [0.5, 0.6) is 0 Å². The highest BCUT2D eigenvalue weighted by atomic mass is 16.5. The second kappa shape index (κ2) is 8.43. The Kier molecular flexibility index (Phi) is 5.97. The van der Waals surface area contributed by atoms with Crippen molar-refractivity contribution in [1.29, 1.82) is 0 Å². The van der Waals surface area contributed by atoms with Crippen LogP contribution in [0.4, 0.5) is 0 Å². The SMILES string of the molecule is COC(=O)[C@H](Cc1ccc(C(C)(C)C)cc1)NC(=O)c1ccc2ccccc2n1. The van der Waals surface area contributed by atoms with E-state index in [-0.39, 0.29) is 11.1 Å². The van der Waals surface area contributed by atoms with Gasteiger partial charge in [-0.05, 0) is 28.7 Å². The smallest absolute Gasteiger partial charge is 0.328 e. The first-order valence-corrected chi connectivity index (χ1v) is 9.62. The van der Waals surface area contributed by atoms with Gasteiger partial charge in [-0.1, -0.05) is 69.3 Å². The van der Waals surface area contributed by atoms with Gasteiger partial charge in [0.05, 0.1) is 12.6 Å². The molecule has 150 valence electrons. The number of methoxy groups -OCH3 is 1. The molecular weight excluding hydrogens is 364 g/mol. The number of aromatic nitrogens is 1. The number of nitrogens with one attached hydrogen (secondary N) is 1. The van der Waals surface area contributed by atoms with Crippen LogP contribution in [-0.2, 0) is 21.4 Å². The van der Waals surface area contributed by atoms with Crippen molar-refractivity contribution in [2.75, 3.05) is 7.11 Å². The maximum atomic E-state index is 12.7. The maximum Gasteiger partial charge on any atom is 0.328 e. The number of esters is 1. The van der Waals surface area contributed by atoms with Gasteiger partial charge in [-0.15, -0.1) is 0 Å². The summed E-state index contributed by atoms with van der Waals surface area (Å²) in [6, 6.07) is 18.3. The average Bonchev–Trinajstić information content (AvgIpc) is 2.72. The molecule has 0 saturated carbocycles. The molecule has 2 aromatic carbocycles. The van der Waals surface area contributed by atoms with Crippen molar-refractivity contribution >= 4 is 22.8 Å². The number of fused-ring (bicyclic) bond motifs is 1. The van der Waals surface area contributed by atoms with E-state index in [4.69, 9.17) is 4.74 Å². The van der Waals surface area contributed by atoms with Gasteiger partial charge in [-0.25, -0.2) is 9.78 Å². The second-order valence-corrected chi connectivity index (χ2v) is 8.09. The summed E-state index contributed by atoms with van der Waals surface area (Å²) < 4.78 is 4.90. The average molecular weight is 390 g/mol. The molecule has 0 bridgehead atoms. The molecule has 1 amide bonds. The lowest BCUT2D eigenvalue weighted by molar-refractivity contribution is -0.142. The fourth-order valence-electron chi connectivity index (χ4n) is 3.14. The molecule has 3 aromatic rings. The fraction of sp³-hybridized carbons (Fsp3) is 0.292. The van der Waals surface area contributed by atoms with Crippen LogP contribution in [0.3, 0.4) is 0 Å². The Balaban J connectivity index is 1.77. The van der Waals surface area contributed by atoms with Gasteiger partial charge in [-0.2, -0.15) is 0 Å². The summed E-state index contributed by atoms with van der Waals surface area (Å²) in [5, 5.41) is 3.72. The van der Waals surface area contributed by atoms with Gasteiger partial charge in [-0.3, -0.25) is 4.79 Å². The summed E-state index contributed by atoms with van der Waals surface area (Å²) in [6.45, 7) is 6.45. The predicted octanol–water partition coefficient (Wildman–Crippen LogP) is 4.05. The summed E-state index contributed by atoms with van der Waals surface area (Å²) in [5.74, 6) is -0.892. The van der Waals surface area contributed by atoms with E-state index in [0.29, 0.717) is 6.42 Å². The number of rotatable bonds is 5. The van der Waals surface area contributed by atoms with Crippen LogP contribution in [0, 0.1) is 0 Å². The number of carbonyl (C=O) groups excluding carboxylic acids is 2. The van der Waals surface area contributed by atoms with E-state index in [2.05, 4.69) is 43.2 Å². The molecule has 1 heterocycles. The number of hydrogen-bond donors (Lipinski definition) is 1. The second-order valence-electron chi connectivity index (χ2n) is 8.09. The van der Waals surface area contributed by atoms with Gasteiger partial charge in [0.25, 0.3) is 5.91 Å². The van der Waals surface area contributed by atoms with E-state index >= 15 is 0 Å². The van der Waals surface area contributed by atoms with E-state index in [1.54, 1.807) is 6.07 Å². The number of amides is 1. The van der Waals surface area contributed by atoms with Gasteiger partial charge in [0.15, 0.2) is 0 Å². The van der Waals surface area contributed by atoms with Crippen LogP contribution < -0.4 is 5.32 Å². The normalized spacial score (nSPS) is 12.4. The number of pyridine rings is 1. The Labute approximate surface area is 171 Å². The predicted molar refractivity (Wildman–Crippen MR) is 114 cm³/mol. The molecule has 3 rings (SSSR count). The molecule has 0 fully saturated rings. The Morgan fingerprint density at radius 1 is 1.00 bits per heavy atom. The molecule has 0 spiro atoms. The Morgan fingerprint density at radius 2 is 1.69 bits per heavy atom. The highest BCUT2D eigenvalue weighted by Gasteiger charge is 2.23. The largest absolute Gasteiger partial charge is 0.467 e. The van der Waals surface area contributed by atoms with Crippen molar-refractivity contribution in [2.24, 2.45) is 0 Å². The van der Waals surface area contributed by atoms with Crippen molar-refractivity contribution in [3.05, 3.63) is 77.5 Å². The van der Waals surface area contributed by atoms with Crippen molar-refractivity contribution in [3.63, 3.8) is 0 Å². The summed E-state index contributed by atoms with van der Waals surface area (Å²) in [5.41, 5.74) is 3.20. The van der Waals surface area contributed by atoms with E-state index in [1.807, 2.05) is 42.5 Å². The summed E-state index contributed by atoms with van der Waals surface area (Å²) in [7, 11) is 1.32. The lowest BCUT2D eigenvalue weighted by atomic mass is 9.86.